The van der Waals surface area contributed by atoms with E-state index in [0.29, 0.717) is 11.6 Å². The van der Waals surface area contributed by atoms with Crippen LogP contribution in [0.4, 0.5) is 0 Å². The average molecular weight is 233 g/mol. The standard InChI is InChI=1S/C10H10Cl2O2/c1-14-9-6-7(3-2-4-11)5-8(12)10(9)13/h2-3,5-6,13H,4H2,1H3. The second-order valence-corrected chi connectivity index (χ2v) is 3.33. The summed E-state index contributed by atoms with van der Waals surface area (Å²) in [5.74, 6) is 0.741. The molecule has 1 aromatic carbocycles. The van der Waals surface area contributed by atoms with Gasteiger partial charge in [-0.05, 0) is 17.7 Å². The van der Waals surface area contributed by atoms with Crippen LogP contribution in [0.1, 0.15) is 5.56 Å². The van der Waals surface area contributed by atoms with Gasteiger partial charge in [0.15, 0.2) is 11.5 Å². The molecule has 0 aliphatic carbocycles. The number of aromatic hydroxyl groups is 1. The number of ether oxygens (including phenoxy) is 1. The van der Waals surface area contributed by atoms with Gasteiger partial charge >= 0.3 is 0 Å². The second-order valence-electron chi connectivity index (χ2n) is 2.61. The fourth-order valence-corrected chi connectivity index (χ4v) is 1.33. The fourth-order valence-electron chi connectivity index (χ4n) is 1.03. The number of phenols is 1. The molecule has 0 atom stereocenters. The van der Waals surface area contributed by atoms with Crippen LogP contribution in [0.25, 0.3) is 6.08 Å². The molecule has 0 heterocycles. The van der Waals surface area contributed by atoms with Gasteiger partial charge in [0.1, 0.15) is 0 Å². The highest BCUT2D eigenvalue weighted by atomic mass is 35.5. The van der Waals surface area contributed by atoms with Gasteiger partial charge in [0.2, 0.25) is 0 Å². The molecular weight excluding hydrogens is 223 g/mol. The van der Waals surface area contributed by atoms with Crippen molar-refractivity contribution in [3.05, 3.63) is 28.8 Å². The normalized spacial score (nSPS) is 10.8. The number of hydrogen-bond acceptors (Lipinski definition) is 2. The molecule has 0 aromatic heterocycles. The van der Waals surface area contributed by atoms with Gasteiger partial charge in [0, 0.05) is 5.88 Å². The average Bonchev–Trinajstić information content (AvgIpc) is 2.19. The van der Waals surface area contributed by atoms with Crippen molar-refractivity contribution < 1.29 is 9.84 Å². The Hall–Kier alpha value is -0.860. The number of allylic oxidation sites excluding steroid dienone is 1. The minimum Gasteiger partial charge on any atom is -0.503 e. The van der Waals surface area contributed by atoms with Crippen molar-refractivity contribution in [2.75, 3.05) is 13.0 Å². The lowest BCUT2D eigenvalue weighted by molar-refractivity contribution is 0.373. The van der Waals surface area contributed by atoms with E-state index in [1.807, 2.05) is 0 Å². The van der Waals surface area contributed by atoms with E-state index in [-0.39, 0.29) is 10.8 Å². The van der Waals surface area contributed by atoms with Crippen LogP contribution in [0.3, 0.4) is 0 Å². The van der Waals surface area contributed by atoms with Gasteiger partial charge in [-0.3, -0.25) is 0 Å². The van der Waals surface area contributed by atoms with Gasteiger partial charge in [-0.2, -0.15) is 0 Å². The van der Waals surface area contributed by atoms with Crippen LogP contribution in [-0.4, -0.2) is 18.1 Å². The molecule has 2 nitrogen and oxygen atoms in total. The third-order valence-corrected chi connectivity index (χ3v) is 2.14. The first-order valence-corrected chi connectivity index (χ1v) is 4.89. The number of benzene rings is 1. The van der Waals surface area contributed by atoms with Crippen molar-refractivity contribution in [1.29, 1.82) is 0 Å². The van der Waals surface area contributed by atoms with Gasteiger partial charge in [-0.15, -0.1) is 11.6 Å². The van der Waals surface area contributed by atoms with E-state index < -0.39 is 0 Å². The number of alkyl halides is 1. The Balaban J connectivity index is 3.09. The van der Waals surface area contributed by atoms with Crippen molar-refractivity contribution in [1.82, 2.24) is 0 Å². The van der Waals surface area contributed by atoms with Crippen LogP contribution in [0.15, 0.2) is 18.2 Å². The van der Waals surface area contributed by atoms with Crippen molar-refractivity contribution >= 4 is 29.3 Å². The van der Waals surface area contributed by atoms with Crippen LogP contribution < -0.4 is 4.74 Å². The first kappa shape index (κ1) is 11.2. The minimum atomic E-state index is -0.0443. The Bertz CT molecular complexity index is 348. The summed E-state index contributed by atoms with van der Waals surface area (Å²) in [6, 6.07) is 3.33. The Labute approximate surface area is 92.7 Å². The van der Waals surface area contributed by atoms with Crippen LogP contribution >= 0.6 is 23.2 Å². The first-order chi connectivity index (χ1) is 6.69. The van der Waals surface area contributed by atoms with Gasteiger partial charge < -0.3 is 9.84 Å². The van der Waals surface area contributed by atoms with Crippen molar-refractivity contribution in [3.63, 3.8) is 0 Å². The zero-order chi connectivity index (χ0) is 10.6. The van der Waals surface area contributed by atoms with Crippen molar-refractivity contribution in [2.24, 2.45) is 0 Å². The molecule has 0 aliphatic rings. The van der Waals surface area contributed by atoms with Crippen LogP contribution in [0, 0.1) is 0 Å². The smallest absolute Gasteiger partial charge is 0.176 e. The molecule has 0 unspecified atom stereocenters. The van der Waals surface area contributed by atoms with Gasteiger partial charge in [0.05, 0.1) is 12.1 Å². The molecule has 14 heavy (non-hydrogen) atoms. The molecule has 0 amide bonds. The Morgan fingerprint density at radius 2 is 2.21 bits per heavy atom. The number of phenolic OH excluding ortho intramolecular Hbond substituents is 1. The van der Waals surface area contributed by atoms with Crippen molar-refractivity contribution in [2.45, 2.75) is 0 Å². The molecule has 0 saturated carbocycles. The molecule has 0 spiro atoms. The lowest BCUT2D eigenvalue weighted by atomic mass is 10.2. The number of rotatable bonds is 3. The molecule has 1 aromatic rings. The summed E-state index contributed by atoms with van der Waals surface area (Å²) < 4.78 is 4.95. The Morgan fingerprint density at radius 3 is 2.79 bits per heavy atom. The van der Waals surface area contributed by atoms with E-state index in [2.05, 4.69) is 0 Å². The number of halogens is 2. The van der Waals surface area contributed by atoms with E-state index in [1.165, 1.54) is 7.11 Å². The number of hydrogen-bond donors (Lipinski definition) is 1. The van der Waals surface area contributed by atoms with E-state index in [0.717, 1.165) is 5.56 Å². The predicted octanol–water partition coefficient (Wildman–Crippen LogP) is 3.31. The molecule has 0 aliphatic heterocycles. The van der Waals surface area contributed by atoms with Gasteiger partial charge in [-0.1, -0.05) is 23.8 Å². The summed E-state index contributed by atoms with van der Waals surface area (Å²) in [5.41, 5.74) is 0.838. The summed E-state index contributed by atoms with van der Waals surface area (Å²) in [6.45, 7) is 0. The first-order valence-electron chi connectivity index (χ1n) is 3.98. The molecule has 0 bridgehead atoms. The lowest BCUT2D eigenvalue weighted by Crippen LogP contribution is -1.85. The molecule has 1 N–H and O–H groups in total. The summed E-state index contributed by atoms with van der Waals surface area (Å²) >= 11 is 11.3. The fraction of sp³-hybridized carbons (Fsp3) is 0.200. The highest BCUT2D eigenvalue weighted by Crippen LogP contribution is 2.35. The zero-order valence-corrected chi connectivity index (χ0v) is 9.14. The topological polar surface area (TPSA) is 29.5 Å². The maximum atomic E-state index is 9.44. The minimum absolute atomic E-state index is 0.0443. The summed E-state index contributed by atoms with van der Waals surface area (Å²) in [4.78, 5) is 0. The molecule has 0 saturated heterocycles. The van der Waals surface area contributed by atoms with Gasteiger partial charge in [-0.25, -0.2) is 0 Å². The zero-order valence-electron chi connectivity index (χ0n) is 7.63. The van der Waals surface area contributed by atoms with E-state index in [1.54, 1.807) is 24.3 Å². The highest BCUT2D eigenvalue weighted by molar-refractivity contribution is 6.32. The summed E-state index contributed by atoms with van der Waals surface area (Å²) in [6.07, 6.45) is 3.59. The molecule has 0 radical (unpaired) electrons. The summed E-state index contributed by atoms with van der Waals surface area (Å²) in [7, 11) is 1.47. The van der Waals surface area contributed by atoms with E-state index >= 15 is 0 Å². The largest absolute Gasteiger partial charge is 0.503 e. The van der Waals surface area contributed by atoms with Crippen LogP contribution in [0.2, 0.25) is 5.02 Å². The predicted molar refractivity (Wildman–Crippen MR) is 59.4 cm³/mol. The maximum absolute atomic E-state index is 9.44. The van der Waals surface area contributed by atoms with Crippen molar-refractivity contribution in [3.8, 4) is 11.5 Å². The molecule has 0 fully saturated rings. The third kappa shape index (κ3) is 2.56. The number of methoxy groups -OCH3 is 1. The molecule has 4 heteroatoms. The Morgan fingerprint density at radius 1 is 1.50 bits per heavy atom. The second kappa shape index (κ2) is 5.13. The Kier molecular flexibility index (Phi) is 4.11. The molecular formula is C10H10Cl2O2. The highest BCUT2D eigenvalue weighted by Gasteiger charge is 2.06. The van der Waals surface area contributed by atoms with Crippen LogP contribution in [0.5, 0.6) is 11.5 Å². The van der Waals surface area contributed by atoms with E-state index in [4.69, 9.17) is 27.9 Å². The molecule has 76 valence electrons. The van der Waals surface area contributed by atoms with Gasteiger partial charge in [0.25, 0.3) is 0 Å². The summed E-state index contributed by atoms with van der Waals surface area (Å²) in [5, 5.41) is 9.70. The molecule has 1 rings (SSSR count). The van der Waals surface area contributed by atoms with E-state index in [9.17, 15) is 5.11 Å². The monoisotopic (exact) mass is 232 g/mol. The van der Waals surface area contributed by atoms with Crippen LogP contribution in [-0.2, 0) is 0 Å². The third-order valence-electron chi connectivity index (χ3n) is 1.67. The quantitative estimate of drug-likeness (QED) is 0.811. The SMILES string of the molecule is COc1cc(C=CCCl)cc(Cl)c1O. The lowest BCUT2D eigenvalue weighted by Gasteiger charge is -2.05. The maximum Gasteiger partial charge on any atom is 0.176 e.